The fraction of sp³-hybridized carbons (Fsp3) is 0.667. The molecule has 0 unspecified atom stereocenters. The number of hydrogen-bond donors (Lipinski definition) is 1. The molecule has 0 bridgehead atoms. The molecule has 0 aliphatic rings. The minimum absolute atomic E-state index is 0.620. The Bertz CT molecular complexity index is 334. The molecule has 0 amide bonds. The quantitative estimate of drug-likeness (QED) is 0.745. The molecular formula is C12H20BrN3O. The summed E-state index contributed by atoms with van der Waals surface area (Å²) in [6.07, 6.45) is 6.21. The van der Waals surface area contributed by atoms with E-state index >= 15 is 0 Å². The van der Waals surface area contributed by atoms with Crippen molar-refractivity contribution in [3.05, 3.63) is 10.7 Å². The minimum atomic E-state index is 0.620. The summed E-state index contributed by atoms with van der Waals surface area (Å²) in [5, 5.41) is 3.14. The Balaban J connectivity index is 2.50. The molecule has 0 radical (unpaired) electrons. The number of hydrogen-bond acceptors (Lipinski definition) is 4. The van der Waals surface area contributed by atoms with Crippen LogP contribution in [0, 0.1) is 0 Å². The highest BCUT2D eigenvalue weighted by Crippen LogP contribution is 2.22. The SMILES string of the molecule is CCCCCOc1nc(NCCC)ncc1Br. The van der Waals surface area contributed by atoms with Crippen molar-refractivity contribution >= 4 is 21.9 Å². The van der Waals surface area contributed by atoms with Gasteiger partial charge < -0.3 is 10.1 Å². The van der Waals surface area contributed by atoms with Crippen LogP contribution in [0.1, 0.15) is 39.5 Å². The molecule has 1 rings (SSSR count). The summed E-state index contributed by atoms with van der Waals surface area (Å²) in [6, 6.07) is 0. The van der Waals surface area contributed by atoms with Crippen LogP contribution < -0.4 is 10.1 Å². The lowest BCUT2D eigenvalue weighted by molar-refractivity contribution is 0.293. The highest BCUT2D eigenvalue weighted by Gasteiger charge is 2.05. The van der Waals surface area contributed by atoms with Crippen LogP contribution in [0.2, 0.25) is 0 Å². The summed E-state index contributed by atoms with van der Waals surface area (Å²) in [4.78, 5) is 8.49. The molecule has 1 heterocycles. The molecule has 5 heteroatoms. The lowest BCUT2D eigenvalue weighted by Crippen LogP contribution is -2.06. The van der Waals surface area contributed by atoms with E-state index in [1.165, 1.54) is 12.8 Å². The lowest BCUT2D eigenvalue weighted by atomic mass is 10.3. The zero-order valence-corrected chi connectivity index (χ0v) is 12.1. The first-order valence-corrected chi connectivity index (χ1v) is 6.96. The minimum Gasteiger partial charge on any atom is -0.477 e. The van der Waals surface area contributed by atoms with Crippen molar-refractivity contribution in [2.75, 3.05) is 18.5 Å². The fourth-order valence-corrected chi connectivity index (χ4v) is 1.60. The Labute approximate surface area is 111 Å². The molecule has 4 nitrogen and oxygen atoms in total. The van der Waals surface area contributed by atoms with E-state index < -0.39 is 0 Å². The number of unbranched alkanes of at least 4 members (excludes halogenated alkanes) is 2. The molecule has 1 N–H and O–H groups in total. The second-order valence-electron chi connectivity index (χ2n) is 3.83. The Morgan fingerprint density at radius 2 is 2.12 bits per heavy atom. The molecule has 1 aromatic rings. The van der Waals surface area contributed by atoms with Gasteiger partial charge in [0.2, 0.25) is 11.8 Å². The Morgan fingerprint density at radius 3 is 2.82 bits per heavy atom. The predicted molar refractivity (Wildman–Crippen MR) is 73.5 cm³/mol. The van der Waals surface area contributed by atoms with Gasteiger partial charge >= 0.3 is 0 Å². The monoisotopic (exact) mass is 301 g/mol. The van der Waals surface area contributed by atoms with Gasteiger partial charge in [-0.3, -0.25) is 0 Å². The van der Waals surface area contributed by atoms with Crippen molar-refractivity contribution in [3.63, 3.8) is 0 Å². The summed E-state index contributed by atoms with van der Waals surface area (Å²) in [5.41, 5.74) is 0. The van der Waals surface area contributed by atoms with E-state index in [0.29, 0.717) is 18.4 Å². The van der Waals surface area contributed by atoms with Gasteiger partial charge in [0, 0.05) is 6.54 Å². The number of nitrogens with one attached hydrogen (secondary N) is 1. The van der Waals surface area contributed by atoms with Crippen LogP contribution >= 0.6 is 15.9 Å². The second-order valence-corrected chi connectivity index (χ2v) is 4.68. The normalized spacial score (nSPS) is 10.3. The van der Waals surface area contributed by atoms with Crippen LogP contribution in [0.15, 0.2) is 10.7 Å². The Kier molecular flexibility index (Phi) is 6.93. The molecule has 0 spiro atoms. The van der Waals surface area contributed by atoms with Crippen LogP contribution in [0.25, 0.3) is 0 Å². The zero-order chi connectivity index (χ0) is 12.5. The zero-order valence-electron chi connectivity index (χ0n) is 10.5. The lowest BCUT2D eigenvalue weighted by Gasteiger charge is -2.08. The summed E-state index contributed by atoms with van der Waals surface area (Å²) < 4.78 is 6.42. The van der Waals surface area contributed by atoms with Crippen LogP contribution in [0.5, 0.6) is 5.88 Å². The first-order chi connectivity index (χ1) is 8.27. The predicted octanol–water partition coefficient (Wildman–Crippen LogP) is 3.63. The van der Waals surface area contributed by atoms with Gasteiger partial charge in [0.05, 0.1) is 17.3 Å². The molecular weight excluding hydrogens is 282 g/mol. The molecule has 0 fully saturated rings. The summed E-state index contributed by atoms with van der Waals surface area (Å²) in [5.74, 6) is 1.25. The van der Waals surface area contributed by atoms with Crippen LogP contribution in [0.3, 0.4) is 0 Å². The number of rotatable bonds is 8. The average molecular weight is 302 g/mol. The third-order valence-corrected chi connectivity index (χ3v) is 2.78. The van der Waals surface area contributed by atoms with E-state index in [1.807, 2.05) is 0 Å². The van der Waals surface area contributed by atoms with Gasteiger partial charge in [0.15, 0.2) is 0 Å². The van der Waals surface area contributed by atoms with Crippen molar-refractivity contribution in [2.45, 2.75) is 39.5 Å². The van der Waals surface area contributed by atoms with E-state index in [-0.39, 0.29) is 0 Å². The molecule has 0 atom stereocenters. The van der Waals surface area contributed by atoms with E-state index in [2.05, 4.69) is 45.1 Å². The number of ether oxygens (including phenoxy) is 1. The van der Waals surface area contributed by atoms with Crippen molar-refractivity contribution in [1.29, 1.82) is 0 Å². The van der Waals surface area contributed by atoms with Gasteiger partial charge in [0.1, 0.15) is 0 Å². The van der Waals surface area contributed by atoms with Crippen LogP contribution in [-0.2, 0) is 0 Å². The van der Waals surface area contributed by atoms with Gasteiger partial charge in [-0.25, -0.2) is 4.98 Å². The molecule has 0 saturated carbocycles. The van der Waals surface area contributed by atoms with Crippen molar-refractivity contribution in [3.8, 4) is 5.88 Å². The van der Waals surface area contributed by atoms with Gasteiger partial charge in [-0.15, -0.1) is 0 Å². The first-order valence-electron chi connectivity index (χ1n) is 6.17. The first kappa shape index (κ1) is 14.2. The number of anilines is 1. The molecule has 0 aliphatic carbocycles. The van der Waals surface area contributed by atoms with Crippen molar-refractivity contribution in [1.82, 2.24) is 9.97 Å². The molecule has 0 aromatic carbocycles. The average Bonchev–Trinajstić information content (AvgIpc) is 2.35. The Hall–Kier alpha value is -0.840. The third-order valence-electron chi connectivity index (χ3n) is 2.23. The standard InChI is InChI=1S/C12H20BrN3O/c1-3-5-6-8-17-11-10(13)9-15-12(16-11)14-7-4-2/h9H,3-8H2,1-2H3,(H,14,15,16). The van der Waals surface area contributed by atoms with E-state index in [4.69, 9.17) is 4.74 Å². The van der Waals surface area contributed by atoms with Gasteiger partial charge in [-0.1, -0.05) is 26.7 Å². The molecule has 0 aliphatic heterocycles. The van der Waals surface area contributed by atoms with E-state index in [9.17, 15) is 0 Å². The summed E-state index contributed by atoms with van der Waals surface area (Å²) in [6.45, 7) is 5.86. The van der Waals surface area contributed by atoms with Crippen LogP contribution in [0.4, 0.5) is 5.95 Å². The van der Waals surface area contributed by atoms with Crippen molar-refractivity contribution < 1.29 is 4.74 Å². The van der Waals surface area contributed by atoms with Gasteiger partial charge in [-0.2, -0.15) is 4.98 Å². The molecule has 96 valence electrons. The third kappa shape index (κ3) is 5.35. The second kappa shape index (κ2) is 8.28. The topological polar surface area (TPSA) is 47.0 Å². The highest BCUT2D eigenvalue weighted by atomic mass is 79.9. The molecule has 17 heavy (non-hydrogen) atoms. The van der Waals surface area contributed by atoms with Gasteiger partial charge in [-0.05, 0) is 28.8 Å². The molecule has 1 aromatic heterocycles. The highest BCUT2D eigenvalue weighted by molar-refractivity contribution is 9.10. The number of aromatic nitrogens is 2. The maximum Gasteiger partial charge on any atom is 0.232 e. The van der Waals surface area contributed by atoms with Crippen molar-refractivity contribution in [2.24, 2.45) is 0 Å². The number of halogens is 1. The van der Waals surface area contributed by atoms with E-state index in [1.54, 1.807) is 6.20 Å². The summed E-state index contributed by atoms with van der Waals surface area (Å²) >= 11 is 3.39. The molecule has 0 saturated heterocycles. The summed E-state index contributed by atoms with van der Waals surface area (Å²) in [7, 11) is 0. The maximum atomic E-state index is 5.62. The maximum absolute atomic E-state index is 5.62. The Morgan fingerprint density at radius 1 is 1.29 bits per heavy atom. The number of nitrogens with zero attached hydrogens (tertiary/aromatic N) is 2. The van der Waals surface area contributed by atoms with Crippen LogP contribution in [-0.4, -0.2) is 23.1 Å². The largest absolute Gasteiger partial charge is 0.477 e. The smallest absolute Gasteiger partial charge is 0.232 e. The fourth-order valence-electron chi connectivity index (χ4n) is 1.30. The van der Waals surface area contributed by atoms with E-state index in [0.717, 1.165) is 23.9 Å². The van der Waals surface area contributed by atoms with Gasteiger partial charge in [0.25, 0.3) is 0 Å².